The van der Waals surface area contributed by atoms with Crippen molar-refractivity contribution in [1.82, 2.24) is 4.98 Å². The molecule has 176 valence electrons. The summed E-state index contributed by atoms with van der Waals surface area (Å²) in [6, 6.07) is 15.1. The Morgan fingerprint density at radius 3 is 2.38 bits per heavy atom. The van der Waals surface area contributed by atoms with Gasteiger partial charge in [0.05, 0.1) is 17.5 Å². The molecule has 1 heterocycles. The van der Waals surface area contributed by atoms with E-state index in [4.69, 9.17) is 58.0 Å². The third-order valence-corrected chi connectivity index (χ3v) is 7.24. The summed E-state index contributed by atoms with van der Waals surface area (Å²) in [5.74, 6) is -1.17. The van der Waals surface area contributed by atoms with Crippen molar-refractivity contribution in [3.8, 4) is 0 Å². The molecule has 2 unspecified atom stereocenters. The number of halogens is 5. The highest BCUT2D eigenvalue weighted by atomic mass is 35.5. The zero-order valence-corrected chi connectivity index (χ0v) is 21.5. The molecule has 3 aromatic rings. The van der Waals surface area contributed by atoms with E-state index >= 15 is 0 Å². The minimum atomic E-state index is -1.31. The Kier molecular flexibility index (Phi) is 7.32. The fraction of sp³-hybridized carbons (Fsp3) is 0.208. The maximum absolute atomic E-state index is 13.0. The molecule has 1 fully saturated rings. The molecule has 2 aromatic carbocycles. The standard InChI is InChI=1S/C24H18Cl5N3O2/c1-32(20-4-2-3-7-30-20)12-19(33)17-11-16(5-6-18(17)27)31-23(34)22-21(24(22,28)29)13-8-14(25)10-15(26)9-13/h2-11,21-22H,12H2,1H3,(H,31,34). The zero-order valence-electron chi connectivity index (χ0n) is 17.7. The second-order valence-electron chi connectivity index (χ2n) is 7.98. The normalized spacial score (nSPS) is 18.3. The van der Waals surface area contributed by atoms with E-state index in [0.29, 0.717) is 27.1 Å². The number of alkyl halides is 2. The quantitative estimate of drug-likeness (QED) is 0.254. The van der Waals surface area contributed by atoms with Gasteiger partial charge in [0.15, 0.2) is 5.78 Å². The van der Waals surface area contributed by atoms with E-state index in [2.05, 4.69) is 10.3 Å². The number of anilines is 2. The summed E-state index contributed by atoms with van der Waals surface area (Å²) in [5.41, 5.74) is 1.35. The molecule has 1 aliphatic rings. The highest BCUT2D eigenvalue weighted by Crippen LogP contribution is 2.65. The van der Waals surface area contributed by atoms with Crippen LogP contribution in [0.3, 0.4) is 0 Å². The van der Waals surface area contributed by atoms with Crippen molar-refractivity contribution in [3.05, 3.63) is 87.0 Å². The molecule has 2 atom stereocenters. The number of aromatic nitrogens is 1. The Morgan fingerprint density at radius 1 is 1.03 bits per heavy atom. The SMILES string of the molecule is CN(CC(=O)c1cc(NC(=O)C2C(c3cc(Cl)cc(Cl)c3)C2(Cl)Cl)ccc1Cl)c1ccccn1. The first-order valence-corrected chi connectivity index (χ1v) is 12.1. The van der Waals surface area contributed by atoms with Crippen molar-refractivity contribution in [3.63, 3.8) is 0 Å². The molecule has 1 aliphatic carbocycles. The number of likely N-dealkylation sites (N-methyl/N-ethyl adjacent to an activating group) is 1. The summed E-state index contributed by atoms with van der Waals surface area (Å²) in [4.78, 5) is 31.8. The molecule has 0 radical (unpaired) electrons. The van der Waals surface area contributed by atoms with E-state index in [1.807, 2.05) is 6.07 Å². The molecule has 5 nitrogen and oxygen atoms in total. The number of carbonyl (C=O) groups is 2. The molecule has 34 heavy (non-hydrogen) atoms. The van der Waals surface area contributed by atoms with Crippen LogP contribution < -0.4 is 10.2 Å². The third-order valence-electron chi connectivity index (χ3n) is 5.54. The first-order chi connectivity index (χ1) is 16.1. The van der Waals surface area contributed by atoms with Gasteiger partial charge >= 0.3 is 0 Å². The lowest BCUT2D eigenvalue weighted by atomic mass is 10.1. The van der Waals surface area contributed by atoms with E-state index in [-0.39, 0.29) is 22.9 Å². The van der Waals surface area contributed by atoms with Gasteiger partial charge in [-0.3, -0.25) is 9.59 Å². The fourth-order valence-electron chi connectivity index (χ4n) is 3.82. The minimum absolute atomic E-state index is 0.0564. The Bertz CT molecular complexity index is 1230. The maximum Gasteiger partial charge on any atom is 0.231 e. The lowest BCUT2D eigenvalue weighted by Gasteiger charge is -2.17. The molecule has 1 aromatic heterocycles. The number of nitrogens with zero attached hydrogens (tertiary/aromatic N) is 2. The van der Waals surface area contributed by atoms with Gasteiger partial charge in [-0.25, -0.2) is 4.98 Å². The predicted molar refractivity (Wildman–Crippen MR) is 139 cm³/mol. The molecule has 0 spiro atoms. The van der Waals surface area contributed by atoms with E-state index in [0.717, 1.165) is 0 Å². The van der Waals surface area contributed by atoms with Crippen LogP contribution >= 0.6 is 58.0 Å². The fourth-order valence-corrected chi connectivity index (χ4v) is 5.41. The molecule has 0 bridgehead atoms. The molecular formula is C24H18Cl5N3O2. The highest BCUT2D eigenvalue weighted by molar-refractivity contribution is 6.53. The largest absolute Gasteiger partial charge is 0.352 e. The Hall–Kier alpha value is -2.02. The van der Waals surface area contributed by atoms with Crippen molar-refractivity contribution in [2.75, 3.05) is 23.8 Å². The lowest BCUT2D eigenvalue weighted by molar-refractivity contribution is -0.117. The number of nitrogens with one attached hydrogen (secondary N) is 1. The second kappa shape index (κ2) is 9.92. The summed E-state index contributed by atoms with van der Waals surface area (Å²) < 4.78 is -1.31. The molecule has 1 N–H and O–H groups in total. The van der Waals surface area contributed by atoms with Gasteiger partial charge in [-0.2, -0.15) is 0 Å². The Morgan fingerprint density at radius 2 is 1.74 bits per heavy atom. The van der Waals surface area contributed by atoms with Crippen LogP contribution in [-0.4, -0.2) is 34.6 Å². The van der Waals surface area contributed by atoms with Crippen molar-refractivity contribution < 1.29 is 9.59 Å². The smallest absolute Gasteiger partial charge is 0.231 e. The predicted octanol–water partition coefficient (Wildman–Crippen LogP) is 6.89. The maximum atomic E-state index is 13.0. The van der Waals surface area contributed by atoms with Crippen molar-refractivity contribution in [2.45, 2.75) is 10.3 Å². The number of hydrogen-bond donors (Lipinski definition) is 1. The Labute approximate surface area is 221 Å². The van der Waals surface area contributed by atoms with Crippen LogP contribution in [0, 0.1) is 5.92 Å². The van der Waals surface area contributed by atoms with Gasteiger partial charge in [-0.1, -0.05) is 40.9 Å². The number of amides is 1. The van der Waals surface area contributed by atoms with E-state index < -0.39 is 22.1 Å². The first-order valence-electron chi connectivity index (χ1n) is 10.2. The van der Waals surface area contributed by atoms with Gasteiger partial charge < -0.3 is 10.2 Å². The summed E-state index contributed by atoms with van der Waals surface area (Å²) >= 11 is 31.3. The van der Waals surface area contributed by atoms with Gasteiger partial charge in [0.2, 0.25) is 5.91 Å². The summed E-state index contributed by atoms with van der Waals surface area (Å²) in [6.45, 7) is 0.0564. The topological polar surface area (TPSA) is 62.3 Å². The molecule has 4 rings (SSSR count). The number of rotatable bonds is 7. The van der Waals surface area contributed by atoms with E-state index in [1.165, 1.54) is 6.07 Å². The zero-order chi connectivity index (χ0) is 24.6. The summed E-state index contributed by atoms with van der Waals surface area (Å²) in [6.07, 6.45) is 1.65. The number of pyridine rings is 1. The first kappa shape index (κ1) is 25.1. The number of Topliss-reactive ketones (excluding diaryl/α,β-unsaturated/α-hetero) is 1. The average Bonchev–Trinajstić information content (AvgIpc) is 3.37. The molecule has 1 amide bonds. The number of hydrogen-bond acceptors (Lipinski definition) is 4. The van der Waals surface area contributed by atoms with Gasteiger partial charge in [0.25, 0.3) is 0 Å². The molecule has 10 heteroatoms. The van der Waals surface area contributed by atoms with Crippen LogP contribution in [0.1, 0.15) is 21.8 Å². The average molecular weight is 558 g/mol. The Balaban J connectivity index is 1.49. The molecule has 1 saturated carbocycles. The van der Waals surface area contributed by atoms with Gasteiger partial charge in [-0.15, -0.1) is 23.2 Å². The summed E-state index contributed by atoms with van der Waals surface area (Å²) in [7, 11) is 1.76. The van der Waals surface area contributed by atoms with Crippen LogP contribution in [-0.2, 0) is 4.79 Å². The second-order valence-corrected chi connectivity index (χ2v) is 10.7. The van der Waals surface area contributed by atoms with Crippen LogP contribution in [0.5, 0.6) is 0 Å². The van der Waals surface area contributed by atoms with Crippen LogP contribution in [0.15, 0.2) is 60.8 Å². The highest BCUT2D eigenvalue weighted by Gasteiger charge is 2.67. The van der Waals surface area contributed by atoms with Crippen LogP contribution in [0.2, 0.25) is 15.1 Å². The monoisotopic (exact) mass is 555 g/mol. The van der Waals surface area contributed by atoms with Crippen molar-refractivity contribution in [2.24, 2.45) is 5.92 Å². The van der Waals surface area contributed by atoms with E-state index in [1.54, 1.807) is 60.6 Å². The number of ketones is 1. The molecular weight excluding hydrogens is 540 g/mol. The summed E-state index contributed by atoms with van der Waals surface area (Å²) in [5, 5.41) is 3.91. The molecule has 0 saturated heterocycles. The lowest BCUT2D eigenvalue weighted by Crippen LogP contribution is -2.26. The van der Waals surface area contributed by atoms with E-state index in [9.17, 15) is 9.59 Å². The number of benzene rings is 2. The third kappa shape index (κ3) is 5.29. The minimum Gasteiger partial charge on any atom is -0.352 e. The van der Waals surface area contributed by atoms with Crippen LogP contribution in [0.4, 0.5) is 11.5 Å². The van der Waals surface area contributed by atoms with Crippen molar-refractivity contribution in [1.29, 1.82) is 0 Å². The van der Waals surface area contributed by atoms with Gasteiger partial charge in [0, 0.05) is 40.5 Å². The van der Waals surface area contributed by atoms with Crippen LogP contribution in [0.25, 0.3) is 0 Å². The van der Waals surface area contributed by atoms with Gasteiger partial charge in [0.1, 0.15) is 10.2 Å². The molecule has 0 aliphatic heterocycles. The van der Waals surface area contributed by atoms with Gasteiger partial charge in [-0.05, 0) is 54.1 Å². The number of carbonyl (C=O) groups excluding carboxylic acids is 2. The van der Waals surface area contributed by atoms with Crippen molar-refractivity contribution >= 4 is 81.2 Å².